The maximum atomic E-state index is 14.9. The van der Waals surface area contributed by atoms with Crippen molar-refractivity contribution in [1.29, 1.82) is 0 Å². The highest BCUT2D eigenvalue weighted by molar-refractivity contribution is 5.86. The fourth-order valence-electron chi connectivity index (χ4n) is 6.19. The molecule has 1 saturated heterocycles. The number of carbonyl (C=O) groups excluding carboxylic acids is 1. The van der Waals surface area contributed by atoms with Crippen LogP contribution in [0.3, 0.4) is 0 Å². The molecule has 1 N–H and O–H groups in total. The number of nitrogens with zero attached hydrogens (tertiary/aromatic N) is 2. The van der Waals surface area contributed by atoms with Gasteiger partial charge in [0, 0.05) is 69.0 Å². The standard InChI is InChI=1S/C33H38FN3O3/c1-23-32-28(34)9-4-10-29(32)37(19-6-20-40-2)33(23)27-8-5-18-36(22-27)31(39)11-3-7-24-12-14-25(15-13-24)26-16-17-30(38)35-21-26/h4,9-10,12-17,21,27H,3,5-8,11,18-20,22H2,1-2H3,(H,35,38). The molecule has 0 radical (unpaired) electrons. The van der Waals surface area contributed by atoms with Gasteiger partial charge in [-0.2, -0.15) is 0 Å². The lowest BCUT2D eigenvalue weighted by molar-refractivity contribution is -0.132. The highest BCUT2D eigenvalue weighted by Gasteiger charge is 2.29. The van der Waals surface area contributed by atoms with Gasteiger partial charge in [-0.3, -0.25) is 9.59 Å². The van der Waals surface area contributed by atoms with Gasteiger partial charge in [-0.25, -0.2) is 4.39 Å². The SMILES string of the molecule is COCCCn1c(C2CCCN(C(=O)CCCc3ccc(-c4ccc(=O)[nH]c4)cc3)C2)c(C)c2c(F)cccc21. The molecule has 1 fully saturated rings. The number of ether oxygens (including phenoxy) is 1. The number of amides is 1. The molecule has 0 saturated carbocycles. The smallest absolute Gasteiger partial charge is 0.247 e. The molecule has 0 aliphatic carbocycles. The Balaban J connectivity index is 1.23. The Kier molecular flexibility index (Phi) is 8.80. The van der Waals surface area contributed by atoms with Crippen molar-refractivity contribution < 1.29 is 13.9 Å². The lowest BCUT2D eigenvalue weighted by atomic mass is 9.91. The molecule has 3 heterocycles. The number of methoxy groups -OCH3 is 1. The zero-order chi connectivity index (χ0) is 28.1. The van der Waals surface area contributed by atoms with Crippen LogP contribution in [-0.2, 0) is 22.5 Å². The predicted octanol–water partition coefficient (Wildman–Crippen LogP) is 6.21. The Bertz CT molecular complexity index is 1500. The van der Waals surface area contributed by atoms with E-state index in [1.54, 1.807) is 19.4 Å². The number of carbonyl (C=O) groups is 1. The second-order valence-electron chi connectivity index (χ2n) is 10.8. The maximum absolute atomic E-state index is 14.9. The Labute approximate surface area is 234 Å². The minimum Gasteiger partial charge on any atom is -0.385 e. The number of halogens is 1. The van der Waals surface area contributed by atoms with E-state index >= 15 is 0 Å². The number of aryl methyl sites for hydroxylation is 3. The zero-order valence-electron chi connectivity index (χ0n) is 23.4. The fourth-order valence-corrected chi connectivity index (χ4v) is 6.19. The van der Waals surface area contributed by atoms with Crippen LogP contribution < -0.4 is 5.56 Å². The summed E-state index contributed by atoms with van der Waals surface area (Å²) in [4.78, 5) is 29.3. The number of piperidine rings is 1. The minimum atomic E-state index is -0.183. The van der Waals surface area contributed by atoms with E-state index in [2.05, 4.69) is 33.8 Å². The second-order valence-corrected chi connectivity index (χ2v) is 10.8. The van der Waals surface area contributed by atoms with Crippen molar-refractivity contribution in [1.82, 2.24) is 14.5 Å². The van der Waals surface area contributed by atoms with Gasteiger partial charge in [0.1, 0.15) is 5.82 Å². The lowest BCUT2D eigenvalue weighted by Gasteiger charge is -2.34. The topological polar surface area (TPSA) is 67.3 Å². The number of fused-ring (bicyclic) bond motifs is 1. The molecule has 4 aromatic rings. The first-order valence-electron chi connectivity index (χ1n) is 14.3. The van der Waals surface area contributed by atoms with E-state index in [0.717, 1.165) is 73.1 Å². The summed E-state index contributed by atoms with van der Waals surface area (Å²) in [6.45, 7) is 4.90. The summed E-state index contributed by atoms with van der Waals surface area (Å²) in [5.74, 6) is 0.199. The number of rotatable bonds is 10. The van der Waals surface area contributed by atoms with Gasteiger partial charge in [0.15, 0.2) is 0 Å². The molecular formula is C33H38FN3O3. The summed E-state index contributed by atoms with van der Waals surface area (Å²) in [6.07, 6.45) is 6.65. The van der Waals surface area contributed by atoms with Crippen LogP contribution in [0.1, 0.15) is 54.8 Å². The summed E-state index contributed by atoms with van der Waals surface area (Å²) in [5, 5.41) is 0.699. The third kappa shape index (κ3) is 6.04. The second kappa shape index (κ2) is 12.6. The minimum absolute atomic E-state index is 0.112. The predicted molar refractivity (Wildman–Crippen MR) is 157 cm³/mol. The van der Waals surface area contributed by atoms with Crippen LogP contribution in [0, 0.1) is 12.7 Å². The monoisotopic (exact) mass is 543 g/mol. The van der Waals surface area contributed by atoms with Crippen molar-refractivity contribution in [3.05, 3.63) is 93.8 Å². The number of benzene rings is 2. The van der Waals surface area contributed by atoms with E-state index in [4.69, 9.17) is 4.74 Å². The van der Waals surface area contributed by atoms with Gasteiger partial charge in [-0.1, -0.05) is 30.3 Å². The Morgan fingerprint density at radius 2 is 1.88 bits per heavy atom. The van der Waals surface area contributed by atoms with Crippen LogP contribution >= 0.6 is 0 Å². The first kappa shape index (κ1) is 27.8. The molecule has 0 spiro atoms. The van der Waals surface area contributed by atoms with Gasteiger partial charge < -0.3 is 19.2 Å². The highest BCUT2D eigenvalue weighted by Crippen LogP contribution is 2.37. The fraction of sp³-hybridized carbons (Fsp3) is 0.394. The van der Waals surface area contributed by atoms with E-state index in [9.17, 15) is 14.0 Å². The van der Waals surface area contributed by atoms with Crippen molar-refractivity contribution in [3.8, 4) is 11.1 Å². The van der Waals surface area contributed by atoms with Gasteiger partial charge in [-0.15, -0.1) is 0 Å². The Morgan fingerprint density at radius 3 is 2.62 bits per heavy atom. The molecule has 1 aliphatic rings. The molecule has 0 bridgehead atoms. The molecule has 1 amide bonds. The number of H-pyrrole nitrogens is 1. The molecule has 5 rings (SSSR count). The van der Waals surface area contributed by atoms with Crippen LogP contribution in [-0.4, -0.2) is 47.2 Å². The average molecular weight is 544 g/mol. The van der Waals surface area contributed by atoms with E-state index in [-0.39, 0.29) is 23.2 Å². The third-order valence-electron chi connectivity index (χ3n) is 8.15. The van der Waals surface area contributed by atoms with Gasteiger partial charge in [0.05, 0.1) is 5.52 Å². The molecule has 1 atom stereocenters. The number of hydrogen-bond donors (Lipinski definition) is 1. The number of pyridine rings is 1. The zero-order valence-corrected chi connectivity index (χ0v) is 23.4. The van der Waals surface area contributed by atoms with E-state index in [0.29, 0.717) is 25.0 Å². The molecule has 1 aliphatic heterocycles. The van der Waals surface area contributed by atoms with Gasteiger partial charge in [0.2, 0.25) is 11.5 Å². The summed E-state index contributed by atoms with van der Waals surface area (Å²) in [6, 6.07) is 16.9. The summed E-state index contributed by atoms with van der Waals surface area (Å²) >= 11 is 0. The molecule has 6 nitrogen and oxygen atoms in total. The van der Waals surface area contributed by atoms with E-state index < -0.39 is 0 Å². The molecular weight excluding hydrogens is 505 g/mol. The normalized spacial score (nSPS) is 15.6. The largest absolute Gasteiger partial charge is 0.385 e. The quantitative estimate of drug-likeness (QED) is 0.242. The van der Waals surface area contributed by atoms with Crippen molar-refractivity contribution in [2.75, 3.05) is 26.8 Å². The summed E-state index contributed by atoms with van der Waals surface area (Å²) in [7, 11) is 1.70. The molecule has 7 heteroatoms. The van der Waals surface area contributed by atoms with Crippen molar-refractivity contribution in [2.45, 2.75) is 57.9 Å². The molecule has 40 heavy (non-hydrogen) atoms. The first-order valence-corrected chi connectivity index (χ1v) is 14.3. The van der Waals surface area contributed by atoms with Crippen LogP contribution in [0.15, 0.2) is 65.6 Å². The van der Waals surface area contributed by atoms with E-state index in [1.165, 1.54) is 17.7 Å². The highest BCUT2D eigenvalue weighted by atomic mass is 19.1. The number of likely N-dealkylation sites (tertiary alicyclic amines) is 1. The number of nitrogens with one attached hydrogen (secondary N) is 1. The third-order valence-corrected chi connectivity index (χ3v) is 8.15. The molecule has 2 aromatic heterocycles. The number of hydrogen-bond acceptors (Lipinski definition) is 3. The van der Waals surface area contributed by atoms with E-state index in [1.807, 2.05) is 24.0 Å². The maximum Gasteiger partial charge on any atom is 0.247 e. The van der Waals surface area contributed by atoms with Crippen LogP contribution in [0.4, 0.5) is 4.39 Å². The first-order chi connectivity index (χ1) is 19.5. The number of aromatic nitrogens is 2. The average Bonchev–Trinajstić information content (AvgIpc) is 3.26. The molecule has 2 aromatic carbocycles. The summed E-state index contributed by atoms with van der Waals surface area (Å²) < 4.78 is 22.4. The molecule has 1 unspecified atom stereocenters. The Morgan fingerprint density at radius 1 is 1.07 bits per heavy atom. The Hall–Kier alpha value is -3.71. The summed E-state index contributed by atoms with van der Waals surface area (Å²) in [5.41, 5.74) is 6.18. The van der Waals surface area contributed by atoms with Crippen molar-refractivity contribution in [3.63, 3.8) is 0 Å². The van der Waals surface area contributed by atoms with Gasteiger partial charge in [0.25, 0.3) is 0 Å². The lowest BCUT2D eigenvalue weighted by Crippen LogP contribution is -2.39. The van der Waals surface area contributed by atoms with Crippen molar-refractivity contribution in [2.24, 2.45) is 0 Å². The number of aromatic amines is 1. The van der Waals surface area contributed by atoms with Crippen molar-refractivity contribution >= 4 is 16.8 Å². The van der Waals surface area contributed by atoms with Crippen LogP contribution in [0.2, 0.25) is 0 Å². The van der Waals surface area contributed by atoms with Gasteiger partial charge in [-0.05, 0) is 79.5 Å². The van der Waals surface area contributed by atoms with Crippen LogP contribution in [0.25, 0.3) is 22.0 Å². The molecule has 210 valence electrons. The van der Waals surface area contributed by atoms with Gasteiger partial charge >= 0.3 is 0 Å². The van der Waals surface area contributed by atoms with Crippen LogP contribution in [0.5, 0.6) is 0 Å².